The Balaban J connectivity index is 1.63. The summed E-state index contributed by atoms with van der Waals surface area (Å²) in [6, 6.07) is 9.37. The van der Waals surface area contributed by atoms with Crippen LogP contribution in [-0.4, -0.2) is 49.8 Å². The van der Waals surface area contributed by atoms with Crippen molar-refractivity contribution in [1.29, 1.82) is 0 Å². The highest BCUT2D eigenvalue weighted by Crippen LogP contribution is 2.24. The average Bonchev–Trinajstić information content (AvgIpc) is 2.57. The molecule has 1 aromatic carbocycles. The van der Waals surface area contributed by atoms with E-state index in [0.717, 1.165) is 12.8 Å². The number of benzene rings is 1. The van der Waals surface area contributed by atoms with Crippen molar-refractivity contribution >= 4 is 10.0 Å². The van der Waals surface area contributed by atoms with Crippen LogP contribution in [0.4, 0.5) is 0 Å². The minimum atomic E-state index is -3.30. The predicted octanol–water partition coefficient (Wildman–Crippen LogP) is 2.33. The van der Waals surface area contributed by atoms with Crippen molar-refractivity contribution in [3.63, 3.8) is 0 Å². The molecule has 2 aliphatic heterocycles. The van der Waals surface area contributed by atoms with E-state index in [1.54, 1.807) is 28.6 Å². The van der Waals surface area contributed by atoms with E-state index in [9.17, 15) is 8.42 Å². The van der Waals surface area contributed by atoms with Crippen LogP contribution < -0.4 is 0 Å². The van der Waals surface area contributed by atoms with Gasteiger partial charge in [-0.15, -0.1) is 0 Å². The average molecular weight is 308 g/mol. The van der Waals surface area contributed by atoms with Gasteiger partial charge in [0.2, 0.25) is 10.0 Å². The molecule has 2 heterocycles. The molecular formula is C16H24N2O2S. The molecule has 0 N–H and O–H groups in total. The van der Waals surface area contributed by atoms with Gasteiger partial charge in [-0.05, 0) is 50.9 Å². The summed E-state index contributed by atoms with van der Waals surface area (Å²) < 4.78 is 26.8. The van der Waals surface area contributed by atoms with Gasteiger partial charge < -0.3 is 4.90 Å². The molecule has 0 bridgehead atoms. The molecule has 116 valence electrons. The SMILES string of the molecule is O=S(=O)(c1ccccc1)N1CCC(N2CCCCC2)CC1. The van der Waals surface area contributed by atoms with Crippen LogP contribution >= 0.6 is 0 Å². The maximum Gasteiger partial charge on any atom is 0.243 e. The van der Waals surface area contributed by atoms with Gasteiger partial charge in [0.15, 0.2) is 0 Å². The van der Waals surface area contributed by atoms with E-state index in [1.807, 2.05) is 6.07 Å². The fourth-order valence-corrected chi connectivity index (χ4v) is 4.96. The Hall–Kier alpha value is -0.910. The summed E-state index contributed by atoms with van der Waals surface area (Å²) in [6.45, 7) is 3.68. The maximum absolute atomic E-state index is 12.6. The quantitative estimate of drug-likeness (QED) is 0.860. The molecule has 21 heavy (non-hydrogen) atoms. The largest absolute Gasteiger partial charge is 0.300 e. The Bertz CT molecular complexity index is 545. The van der Waals surface area contributed by atoms with Crippen LogP contribution in [0, 0.1) is 0 Å². The number of likely N-dealkylation sites (tertiary alicyclic amines) is 1. The van der Waals surface area contributed by atoms with Crippen molar-refractivity contribution in [2.45, 2.75) is 43.0 Å². The first kappa shape index (κ1) is 15.0. The number of piperidine rings is 2. The Kier molecular flexibility index (Phi) is 4.62. The molecule has 0 atom stereocenters. The van der Waals surface area contributed by atoms with Crippen LogP contribution in [0.5, 0.6) is 0 Å². The Morgan fingerprint density at radius 2 is 1.48 bits per heavy atom. The summed E-state index contributed by atoms with van der Waals surface area (Å²) >= 11 is 0. The molecule has 0 unspecified atom stereocenters. The zero-order chi connectivity index (χ0) is 14.7. The highest BCUT2D eigenvalue weighted by Gasteiger charge is 2.31. The summed E-state index contributed by atoms with van der Waals surface area (Å²) in [5.41, 5.74) is 0. The molecule has 2 aliphatic rings. The summed E-state index contributed by atoms with van der Waals surface area (Å²) in [5, 5.41) is 0. The first-order chi connectivity index (χ1) is 10.2. The molecular weight excluding hydrogens is 284 g/mol. The third-order valence-electron chi connectivity index (χ3n) is 4.71. The van der Waals surface area contributed by atoms with Gasteiger partial charge in [-0.2, -0.15) is 4.31 Å². The number of rotatable bonds is 3. The van der Waals surface area contributed by atoms with Gasteiger partial charge in [0.05, 0.1) is 4.90 Å². The van der Waals surface area contributed by atoms with E-state index < -0.39 is 10.0 Å². The van der Waals surface area contributed by atoms with Crippen molar-refractivity contribution in [3.8, 4) is 0 Å². The van der Waals surface area contributed by atoms with Crippen molar-refractivity contribution < 1.29 is 8.42 Å². The van der Waals surface area contributed by atoms with Crippen LogP contribution in [0.25, 0.3) is 0 Å². The van der Waals surface area contributed by atoms with E-state index in [4.69, 9.17) is 0 Å². The van der Waals surface area contributed by atoms with Gasteiger partial charge in [0, 0.05) is 19.1 Å². The van der Waals surface area contributed by atoms with Gasteiger partial charge in [-0.25, -0.2) is 8.42 Å². The summed E-state index contributed by atoms with van der Waals surface area (Å²) in [6.07, 6.45) is 5.86. The lowest BCUT2D eigenvalue weighted by Crippen LogP contribution is -2.48. The number of hydrogen-bond donors (Lipinski definition) is 0. The van der Waals surface area contributed by atoms with Gasteiger partial charge >= 0.3 is 0 Å². The fraction of sp³-hybridized carbons (Fsp3) is 0.625. The molecule has 0 amide bonds. The monoisotopic (exact) mass is 308 g/mol. The molecule has 0 radical (unpaired) electrons. The Morgan fingerprint density at radius 3 is 2.10 bits per heavy atom. The second-order valence-electron chi connectivity index (χ2n) is 6.04. The van der Waals surface area contributed by atoms with Crippen LogP contribution in [0.2, 0.25) is 0 Å². The highest BCUT2D eigenvalue weighted by molar-refractivity contribution is 7.89. The van der Waals surface area contributed by atoms with Crippen molar-refractivity contribution in [3.05, 3.63) is 30.3 Å². The molecule has 0 aromatic heterocycles. The van der Waals surface area contributed by atoms with E-state index in [2.05, 4.69) is 4.90 Å². The third kappa shape index (κ3) is 3.30. The molecule has 4 nitrogen and oxygen atoms in total. The van der Waals surface area contributed by atoms with Crippen molar-refractivity contribution in [2.24, 2.45) is 0 Å². The zero-order valence-corrected chi connectivity index (χ0v) is 13.3. The zero-order valence-electron chi connectivity index (χ0n) is 12.4. The second kappa shape index (κ2) is 6.46. The highest BCUT2D eigenvalue weighted by atomic mass is 32.2. The lowest BCUT2D eigenvalue weighted by Gasteiger charge is -2.39. The smallest absolute Gasteiger partial charge is 0.243 e. The number of nitrogens with zero attached hydrogens (tertiary/aromatic N) is 2. The molecule has 2 saturated heterocycles. The lowest BCUT2D eigenvalue weighted by atomic mass is 10.0. The van der Waals surface area contributed by atoms with Crippen molar-refractivity contribution in [1.82, 2.24) is 9.21 Å². The predicted molar refractivity (Wildman–Crippen MR) is 83.6 cm³/mol. The van der Waals surface area contributed by atoms with Crippen molar-refractivity contribution in [2.75, 3.05) is 26.2 Å². The van der Waals surface area contributed by atoms with E-state index >= 15 is 0 Å². The molecule has 5 heteroatoms. The second-order valence-corrected chi connectivity index (χ2v) is 7.98. The molecule has 0 saturated carbocycles. The topological polar surface area (TPSA) is 40.6 Å². The van der Waals surface area contributed by atoms with Gasteiger partial charge in [-0.1, -0.05) is 24.6 Å². The molecule has 0 spiro atoms. The van der Waals surface area contributed by atoms with E-state index in [0.29, 0.717) is 24.0 Å². The fourth-order valence-electron chi connectivity index (χ4n) is 3.47. The lowest BCUT2D eigenvalue weighted by molar-refractivity contribution is 0.118. The molecule has 1 aromatic rings. The summed E-state index contributed by atoms with van der Waals surface area (Å²) in [4.78, 5) is 2.98. The normalized spacial score (nSPS) is 23.2. The Morgan fingerprint density at radius 1 is 0.857 bits per heavy atom. The van der Waals surface area contributed by atoms with E-state index in [1.165, 1.54) is 32.4 Å². The summed E-state index contributed by atoms with van der Waals surface area (Å²) in [5.74, 6) is 0. The van der Waals surface area contributed by atoms with Gasteiger partial charge in [0.1, 0.15) is 0 Å². The molecule has 2 fully saturated rings. The maximum atomic E-state index is 12.6. The molecule has 3 rings (SSSR count). The van der Waals surface area contributed by atoms with Gasteiger partial charge in [-0.3, -0.25) is 0 Å². The Labute approximate surface area is 127 Å². The van der Waals surface area contributed by atoms with E-state index in [-0.39, 0.29) is 0 Å². The first-order valence-electron chi connectivity index (χ1n) is 7.97. The third-order valence-corrected chi connectivity index (χ3v) is 6.62. The van der Waals surface area contributed by atoms with Crippen LogP contribution in [0.1, 0.15) is 32.1 Å². The standard InChI is InChI=1S/C16H24N2O2S/c19-21(20,16-7-3-1-4-8-16)18-13-9-15(10-14-18)17-11-5-2-6-12-17/h1,3-4,7-8,15H,2,5-6,9-14H2. The minimum absolute atomic E-state index is 0.418. The molecule has 0 aliphatic carbocycles. The van der Waals surface area contributed by atoms with Crippen LogP contribution in [0.3, 0.4) is 0 Å². The summed E-state index contributed by atoms with van der Waals surface area (Å²) in [7, 11) is -3.30. The minimum Gasteiger partial charge on any atom is -0.300 e. The van der Waals surface area contributed by atoms with Gasteiger partial charge in [0.25, 0.3) is 0 Å². The first-order valence-corrected chi connectivity index (χ1v) is 9.41. The van der Waals surface area contributed by atoms with Crippen LogP contribution in [0.15, 0.2) is 35.2 Å². The van der Waals surface area contributed by atoms with Crippen LogP contribution in [-0.2, 0) is 10.0 Å². The number of sulfonamides is 1. The number of hydrogen-bond acceptors (Lipinski definition) is 3.